The van der Waals surface area contributed by atoms with Gasteiger partial charge < -0.3 is 0 Å². The van der Waals surface area contributed by atoms with Gasteiger partial charge in [0.25, 0.3) is 0 Å². The largest absolute Gasteiger partial charge is 0.692 e. The Labute approximate surface area is 134 Å². The predicted octanol–water partition coefficient (Wildman–Crippen LogP) is 5.15. The van der Waals surface area contributed by atoms with E-state index in [2.05, 4.69) is 50.2 Å². The van der Waals surface area contributed by atoms with E-state index in [-0.39, 0.29) is 0 Å². The van der Waals surface area contributed by atoms with Crippen LogP contribution >= 0.6 is 8.25 Å². The monoisotopic (exact) mass is 321 g/mol. The molecule has 2 N–H and O–H groups in total. The molecule has 0 heterocycles. The number of benzene rings is 2. The van der Waals surface area contributed by atoms with Crippen LogP contribution in [0.4, 0.5) is 0 Å². The molecule has 2 aromatic carbocycles. The van der Waals surface area contributed by atoms with Crippen LogP contribution in [-0.2, 0) is 17.4 Å². The van der Waals surface area contributed by atoms with Crippen LogP contribution in [-0.4, -0.2) is 9.79 Å². The van der Waals surface area contributed by atoms with E-state index in [0.29, 0.717) is 0 Å². The Bertz CT molecular complexity index is 592. The molecule has 0 unspecified atom stereocenters. The zero-order valence-electron chi connectivity index (χ0n) is 13.5. The first-order valence-corrected chi connectivity index (χ1v) is 9.11. The molecule has 0 aliphatic rings. The molecule has 0 bridgehead atoms. The van der Waals surface area contributed by atoms with Crippen molar-refractivity contribution in [1.82, 2.24) is 0 Å². The maximum atomic E-state index is 8.70. The Morgan fingerprint density at radius 3 is 2.14 bits per heavy atom. The molecule has 120 valence electrons. The molecule has 0 aromatic heterocycles. The molecular formula is C18H26O3P+. The van der Waals surface area contributed by atoms with Gasteiger partial charge in [-0.2, -0.15) is 0 Å². The summed E-state index contributed by atoms with van der Waals surface area (Å²) in [6.45, 7) is 4.55. The van der Waals surface area contributed by atoms with Gasteiger partial charge in [-0.3, -0.25) is 0 Å². The van der Waals surface area contributed by atoms with Crippen LogP contribution in [0.1, 0.15) is 50.7 Å². The van der Waals surface area contributed by atoms with E-state index < -0.39 is 8.25 Å². The first-order chi connectivity index (χ1) is 10.6. The molecule has 2 rings (SSSR count). The first-order valence-electron chi connectivity index (χ1n) is 7.94. The van der Waals surface area contributed by atoms with Crippen LogP contribution in [0, 0.1) is 0 Å². The smallest absolute Gasteiger partial charge is 0.134 e. The highest BCUT2D eigenvalue weighted by atomic mass is 31.1. The third-order valence-corrected chi connectivity index (χ3v) is 3.72. The zero-order chi connectivity index (χ0) is 16.4. The highest BCUT2D eigenvalue weighted by Gasteiger charge is 2.06. The van der Waals surface area contributed by atoms with Crippen molar-refractivity contribution < 1.29 is 14.4 Å². The van der Waals surface area contributed by atoms with Gasteiger partial charge in [0, 0.05) is 4.57 Å². The van der Waals surface area contributed by atoms with E-state index >= 15 is 0 Å². The van der Waals surface area contributed by atoms with Gasteiger partial charge in [0.05, 0.1) is 0 Å². The van der Waals surface area contributed by atoms with Gasteiger partial charge in [0.15, 0.2) is 0 Å². The van der Waals surface area contributed by atoms with Crippen LogP contribution in [0.2, 0.25) is 0 Å². The molecule has 22 heavy (non-hydrogen) atoms. The molecule has 0 aliphatic heterocycles. The quantitative estimate of drug-likeness (QED) is 0.723. The van der Waals surface area contributed by atoms with E-state index in [1.54, 1.807) is 11.1 Å². The van der Waals surface area contributed by atoms with Gasteiger partial charge in [-0.25, -0.2) is 0 Å². The Morgan fingerprint density at radius 2 is 1.50 bits per heavy atom. The van der Waals surface area contributed by atoms with Crippen molar-refractivity contribution >= 4 is 19.0 Å². The van der Waals surface area contributed by atoms with Crippen molar-refractivity contribution in [3.05, 3.63) is 47.5 Å². The number of hydrogen-bond acceptors (Lipinski definition) is 1. The minimum Gasteiger partial charge on any atom is -0.134 e. The van der Waals surface area contributed by atoms with E-state index in [9.17, 15) is 0 Å². The lowest BCUT2D eigenvalue weighted by Gasteiger charge is -2.13. The molecule has 0 saturated carbocycles. The first kappa shape index (κ1) is 18.8. The fraction of sp³-hybridized carbons (Fsp3) is 0.444. The van der Waals surface area contributed by atoms with Crippen molar-refractivity contribution in [2.24, 2.45) is 0 Å². The van der Waals surface area contributed by atoms with Crippen LogP contribution < -0.4 is 0 Å². The number of fused-ring (bicyclic) bond motifs is 1. The van der Waals surface area contributed by atoms with Gasteiger partial charge in [-0.1, -0.05) is 63.1 Å². The summed E-state index contributed by atoms with van der Waals surface area (Å²) in [5.41, 5.74) is 3.17. The summed E-state index contributed by atoms with van der Waals surface area (Å²) >= 11 is 0. The van der Waals surface area contributed by atoms with E-state index in [1.165, 1.54) is 49.3 Å². The minimum atomic E-state index is -2.87. The standard InChI is InChI=1S/C18H24.HO3P/c1-3-5-9-15-13-14-16-10-7-8-12-18(16)17(15)11-6-4-2;1-4(2)3/h7-8,10,12-14H,3-6,9,11H2,1-2H3;(H-,1,2,3)/p+1. The van der Waals surface area contributed by atoms with E-state index in [4.69, 9.17) is 14.4 Å². The summed E-state index contributed by atoms with van der Waals surface area (Å²) in [6.07, 6.45) is 7.62. The second-order valence-corrected chi connectivity index (χ2v) is 5.89. The van der Waals surface area contributed by atoms with Crippen molar-refractivity contribution in [1.29, 1.82) is 0 Å². The summed E-state index contributed by atoms with van der Waals surface area (Å²) in [4.78, 5) is 14.2. The van der Waals surface area contributed by atoms with Gasteiger partial charge in [-0.15, -0.1) is 9.79 Å². The molecule has 0 spiro atoms. The van der Waals surface area contributed by atoms with Crippen LogP contribution in [0.15, 0.2) is 36.4 Å². The minimum absolute atomic E-state index is 1.23. The normalized spacial score (nSPS) is 10.2. The highest BCUT2D eigenvalue weighted by Crippen LogP contribution is 2.25. The zero-order valence-corrected chi connectivity index (χ0v) is 14.4. The van der Waals surface area contributed by atoms with E-state index in [0.717, 1.165) is 0 Å². The van der Waals surface area contributed by atoms with Gasteiger partial charge in [0.2, 0.25) is 0 Å². The molecule has 2 aromatic rings. The second kappa shape index (κ2) is 10.4. The summed E-state index contributed by atoms with van der Waals surface area (Å²) < 4.78 is 8.70. The molecule has 0 atom stereocenters. The molecule has 0 saturated heterocycles. The number of rotatable bonds is 6. The topological polar surface area (TPSA) is 57.5 Å². The maximum absolute atomic E-state index is 8.70. The molecule has 0 fully saturated rings. The molecular weight excluding hydrogens is 295 g/mol. The fourth-order valence-electron chi connectivity index (χ4n) is 2.63. The van der Waals surface area contributed by atoms with Crippen LogP contribution in [0.5, 0.6) is 0 Å². The Balaban J connectivity index is 0.000000541. The molecule has 4 heteroatoms. The van der Waals surface area contributed by atoms with Crippen LogP contribution in [0.25, 0.3) is 10.8 Å². The Morgan fingerprint density at radius 1 is 0.909 bits per heavy atom. The maximum Gasteiger partial charge on any atom is 0.692 e. The number of hydrogen-bond donors (Lipinski definition) is 2. The predicted molar refractivity (Wildman–Crippen MR) is 93.2 cm³/mol. The lowest BCUT2D eigenvalue weighted by Crippen LogP contribution is -1.96. The average Bonchev–Trinajstić information content (AvgIpc) is 2.50. The Kier molecular flexibility index (Phi) is 8.91. The van der Waals surface area contributed by atoms with Crippen molar-refractivity contribution in [3.8, 4) is 0 Å². The molecule has 3 nitrogen and oxygen atoms in total. The van der Waals surface area contributed by atoms with Crippen molar-refractivity contribution in [2.75, 3.05) is 0 Å². The number of aryl methyl sites for hydroxylation is 2. The lowest BCUT2D eigenvalue weighted by molar-refractivity contribution is 0.405. The average molecular weight is 321 g/mol. The molecule has 0 aliphatic carbocycles. The van der Waals surface area contributed by atoms with Gasteiger partial charge >= 0.3 is 8.25 Å². The number of unbranched alkanes of at least 4 members (excludes halogenated alkanes) is 2. The fourth-order valence-corrected chi connectivity index (χ4v) is 2.63. The summed E-state index contributed by atoms with van der Waals surface area (Å²) in [6, 6.07) is 13.5. The summed E-state index contributed by atoms with van der Waals surface area (Å²) in [7, 11) is -2.87. The molecule has 0 radical (unpaired) electrons. The Hall–Kier alpha value is -1.28. The van der Waals surface area contributed by atoms with Crippen molar-refractivity contribution in [3.63, 3.8) is 0 Å². The summed E-state index contributed by atoms with van der Waals surface area (Å²) in [5, 5.41) is 2.86. The third-order valence-electron chi connectivity index (χ3n) is 3.72. The van der Waals surface area contributed by atoms with Gasteiger partial charge in [0.1, 0.15) is 0 Å². The highest BCUT2D eigenvalue weighted by molar-refractivity contribution is 7.30. The van der Waals surface area contributed by atoms with Gasteiger partial charge in [-0.05, 0) is 47.6 Å². The lowest BCUT2D eigenvalue weighted by atomic mass is 9.92. The molecule has 0 amide bonds. The SMILES string of the molecule is CCCCc1ccc2ccccc2c1CCCC.O=[P+](O)O. The second-order valence-electron chi connectivity index (χ2n) is 5.38. The van der Waals surface area contributed by atoms with Crippen LogP contribution in [0.3, 0.4) is 0 Å². The van der Waals surface area contributed by atoms with Crippen molar-refractivity contribution in [2.45, 2.75) is 52.4 Å². The third kappa shape index (κ3) is 6.23. The summed E-state index contributed by atoms with van der Waals surface area (Å²) in [5.74, 6) is 0. The van der Waals surface area contributed by atoms with E-state index in [1.807, 2.05) is 0 Å².